The molecular weight excluding hydrogens is 314 g/mol. The third-order valence-electron chi connectivity index (χ3n) is 3.29. The molecule has 1 aromatic carbocycles. The van der Waals surface area contributed by atoms with Crippen molar-refractivity contribution in [2.45, 2.75) is 25.7 Å². The standard InChI is InChI=1S/C17H19NO4S/c1-12(15-4-3-11-23-15)17(21)18-13-6-8-14(9-7-13)22-10-2-5-16(19)20/h3-4,6-9,11-12H,2,5,10H2,1H3,(H,18,21)(H,19,20). The average Bonchev–Trinajstić information content (AvgIpc) is 3.06. The summed E-state index contributed by atoms with van der Waals surface area (Å²) < 4.78 is 5.45. The van der Waals surface area contributed by atoms with Crippen molar-refractivity contribution >= 4 is 28.9 Å². The summed E-state index contributed by atoms with van der Waals surface area (Å²) in [6.45, 7) is 2.23. The molecule has 1 aromatic heterocycles. The SMILES string of the molecule is CC(C(=O)Nc1ccc(OCCCC(=O)O)cc1)c1cccs1. The molecule has 122 valence electrons. The Morgan fingerprint density at radius 2 is 2.00 bits per heavy atom. The number of hydrogen-bond acceptors (Lipinski definition) is 4. The molecule has 0 spiro atoms. The lowest BCUT2D eigenvalue weighted by Crippen LogP contribution is -2.18. The molecule has 0 aliphatic rings. The quantitative estimate of drug-likeness (QED) is 0.722. The lowest BCUT2D eigenvalue weighted by Gasteiger charge is -2.11. The third-order valence-corrected chi connectivity index (χ3v) is 4.34. The number of benzene rings is 1. The maximum atomic E-state index is 12.2. The first-order valence-corrected chi connectivity index (χ1v) is 8.23. The number of carbonyl (C=O) groups excluding carboxylic acids is 1. The summed E-state index contributed by atoms with van der Waals surface area (Å²) in [4.78, 5) is 23.6. The van der Waals surface area contributed by atoms with Crippen molar-refractivity contribution in [2.75, 3.05) is 11.9 Å². The second kappa shape index (κ2) is 8.33. The number of amides is 1. The highest BCUT2D eigenvalue weighted by atomic mass is 32.1. The van der Waals surface area contributed by atoms with Crippen LogP contribution in [0, 0.1) is 0 Å². The predicted molar refractivity (Wildman–Crippen MR) is 90.2 cm³/mol. The van der Waals surface area contributed by atoms with Crippen molar-refractivity contribution in [3.63, 3.8) is 0 Å². The lowest BCUT2D eigenvalue weighted by molar-refractivity contribution is -0.137. The molecular formula is C17H19NO4S. The summed E-state index contributed by atoms with van der Waals surface area (Å²) in [6.07, 6.45) is 0.556. The fraction of sp³-hybridized carbons (Fsp3) is 0.294. The summed E-state index contributed by atoms with van der Waals surface area (Å²) in [6, 6.07) is 10.9. The van der Waals surface area contributed by atoms with Crippen LogP contribution in [-0.2, 0) is 9.59 Å². The van der Waals surface area contributed by atoms with Gasteiger partial charge in [0.15, 0.2) is 0 Å². The van der Waals surface area contributed by atoms with Crippen molar-refractivity contribution in [2.24, 2.45) is 0 Å². The van der Waals surface area contributed by atoms with Crippen LogP contribution in [0.3, 0.4) is 0 Å². The van der Waals surface area contributed by atoms with Crippen molar-refractivity contribution in [1.82, 2.24) is 0 Å². The zero-order chi connectivity index (χ0) is 16.7. The fourth-order valence-electron chi connectivity index (χ4n) is 1.97. The molecule has 1 amide bonds. The van der Waals surface area contributed by atoms with E-state index in [1.807, 2.05) is 24.4 Å². The Kier molecular flexibility index (Phi) is 6.17. The number of ether oxygens (including phenoxy) is 1. The van der Waals surface area contributed by atoms with Gasteiger partial charge in [-0.25, -0.2) is 0 Å². The largest absolute Gasteiger partial charge is 0.494 e. The van der Waals surface area contributed by atoms with Crippen LogP contribution in [0.4, 0.5) is 5.69 Å². The molecule has 0 aliphatic carbocycles. The van der Waals surface area contributed by atoms with E-state index in [1.54, 1.807) is 35.6 Å². The van der Waals surface area contributed by atoms with Crippen molar-refractivity contribution < 1.29 is 19.4 Å². The van der Waals surface area contributed by atoms with Gasteiger partial charge in [-0.2, -0.15) is 0 Å². The number of hydrogen-bond donors (Lipinski definition) is 2. The number of carbonyl (C=O) groups is 2. The number of anilines is 1. The highest BCUT2D eigenvalue weighted by Crippen LogP contribution is 2.23. The first kappa shape index (κ1) is 17.0. The second-order valence-corrected chi connectivity index (χ2v) is 6.08. The molecule has 2 rings (SSSR count). The van der Waals surface area contributed by atoms with Gasteiger partial charge in [-0.05, 0) is 49.1 Å². The van der Waals surface area contributed by atoms with E-state index in [0.717, 1.165) is 4.88 Å². The predicted octanol–water partition coefficient (Wildman–Crippen LogP) is 3.73. The Hall–Kier alpha value is -2.34. The molecule has 0 saturated heterocycles. The molecule has 1 unspecified atom stereocenters. The molecule has 0 aliphatic heterocycles. The van der Waals surface area contributed by atoms with Gasteiger partial charge in [0.1, 0.15) is 5.75 Å². The topological polar surface area (TPSA) is 75.6 Å². The van der Waals surface area contributed by atoms with Crippen molar-refractivity contribution in [1.29, 1.82) is 0 Å². The molecule has 23 heavy (non-hydrogen) atoms. The number of carboxylic acids is 1. The van der Waals surface area contributed by atoms with Crippen LogP contribution in [0.5, 0.6) is 5.75 Å². The first-order valence-electron chi connectivity index (χ1n) is 7.35. The van der Waals surface area contributed by atoms with Crippen molar-refractivity contribution in [3.8, 4) is 5.75 Å². The number of aliphatic carboxylic acids is 1. The monoisotopic (exact) mass is 333 g/mol. The highest BCUT2D eigenvalue weighted by Gasteiger charge is 2.16. The zero-order valence-corrected chi connectivity index (χ0v) is 13.6. The lowest BCUT2D eigenvalue weighted by atomic mass is 10.1. The van der Waals surface area contributed by atoms with Crippen LogP contribution in [0.1, 0.15) is 30.6 Å². The molecule has 1 atom stereocenters. The van der Waals surface area contributed by atoms with E-state index in [9.17, 15) is 9.59 Å². The minimum absolute atomic E-state index is 0.0532. The van der Waals surface area contributed by atoms with E-state index in [4.69, 9.17) is 9.84 Å². The van der Waals surface area contributed by atoms with Crippen molar-refractivity contribution in [3.05, 3.63) is 46.7 Å². The van der Waals surface area contributed by atoms with Crippen LogP contribution in [0.25, 0.3) is 0 Å². The van der Waals surface area contributed by atoms with E-state index in [2.05, 4.69) is 5.32 Å². The van der Waals surface area contributed by atoms with Crippen LogP contribution in [0.2, 0.25) is 0 Å². The zero-order valence-electron chi connectivity index (χ0n) is 12.8. The number of nitrogens with one attached hydrogen (secondary N) is 1. The molecule has 1 heterocycles. The van der Waals surface area contributed by atoms with Gasteiger partial charge in [-0.3, -0.25) is 9.59 Å². The van der Waals surface area contributed by atoms with Gasteiger partial charge < -0.3 is 15.2 Å². The van der Waals surface area contributed by atoms with Crippen LogP contribution >= 0.6 is 11.3 Å². The Bertz CT molecular complexity index is 637. The third kappa shape index (κ3) is 5.41. The van der Waals surface area contributed by atoms with Gasteiger partial charge in [-0.1, -0.05) is 6.07 Å². The molecule has 0 saturated carbocycles. The minimum Gasteiger partial charge on any atom is -0.494 e. The summed E-state index contributed by atoms with van der Waals surface area (Å²) in [7, 11) is 0. The summed E-state index contributed by atoms with van der Waals surface area (Å²) in [5.41, 5.74) is 0.705. The van der Waals surface area contributed by atoms with E-state index in [0.29, 0.717) is 24.5 Å². The van der Waals surface area contributed by atoms with Crippen LogP contribution < -0.4 is 10.1 Å². The Morgan fingerprint density at radius 3 is 2.61 bits per heavy atom. The normalized spacial score (nSPS) is 11.7. The average molecular weight is 333 g/mol. The maximum Gasteiger partial charge on any atom is 0.303 e. The second-order valence-electron chi connectivity index (χ2n) is 5.10. The van der Waals surface area contributed by atoms with E-state index >= 15 is 0 Å². The van der Waals surface area contributed by atoms with Crippen LogP contribution in [0.15, 0.2) is 41.8 Å². The summed E-state index contributed by atoms with van der Waals surface area (Å²) in [5.74, 6) is -0.421. The molecule has 0 bridgehead atoms. The van der Waals surface area contributed by atoms with E-state index in [-0.39, 0.29) is 18.2 Å². The van der Waals surface area contributed by atoms with E-state index in [1.165, 1.54) is 0 Å². The van der Waals surface area contributed by atoms with Crippen LogP contribution in [-0.4, -0.2) is 23.6 Å². The number of rotatable bonds is 8. The van der Waals surface area contributed by atoms with Gasteiger partial charge in [0.25, 0.3) is 0 Å². The van der Waals surface area contributed by atoms with Gasteiger partial charge in [0, 0.05) is 17.0 Å². The van der Waals surface area contributed by atoms with E-state index < -0.39 is 5.97 Å². The molecule has 2 aromatic rings. The highest BCUT2D eigenvalue weighted by molar-refractivity contribution is 7.10. The molecule has 5 nitrogen and oxygen atoms in total. The summed E-state index contributed by atoms with van der Waals surface area (Å²) >= 11 is 1.56. The molecule has 0 fully saturated rings. The Morgan fingerprint density at radius 1 is 1.26 bits per heavy atom. The molecule has 2 N–H and O–H groups in total. The van der Waals surface area contributed by atoms with Gasteiger partial charge in [0.2, 0.25) is 5.91 Å². The number of thiophene rings is 1. The minimum atomic E-state index is -0.827. The smallest absolute Gasteiger partial charge is 0.303 e. The van der Waals surface area contributed by atoms with Gasteiger partial charge >= 0.3 is 5.97 Å². The Labute approximate surface area is 138 Å². The molecule has 0 radical (unpaired) electrons. The maximum absolute atomic E-state index is 12.2. The van der Waals surface area contributed by atoms with Gasteiger partial charge in [0.05, 0.1) is 12.5 Å². The van der Waals surface area contributed by atoms with Gasteiger partial charge in [-0.15, -0.1) is 11.3 Å². The number of carboxylic acid groups (broad SMARTS) is 1. The first-order chi connectivity index (χ1) is 11.1. The summed E-state index contributed by atoms with van der Waals surface area (Å²) in [5, 5.41) is 13.4. The Balaban J connectivity index is 1.82. The fourth-order valence-corrected chi connectivity index (χ4v) is 2.75. The molecule has 6 heteroatoms.